The van der Waals surface area contributed by atoms with E-state index in [1.54, 1.807) is 33.9 Å². The quantitative estimate of drug-likeness (QED) is 0.592. The fourth-order valence-electron chi connectivity index (χ4n) is 4.17. The first-order valence-corrected chi connectivity index (χ1v) is 12.4. The average Bonchev–Trinajstić information content (AvgIpc) is 3.08. The summed E-state index contributed by atoms with van der Waals surface area (Å²) in [6, 6.07) is 5.53. The zero-order valence-electron chi connectivity index (χ0n) is 19.6. The van der Waals surface area contributed by atoms with Gasteiger partial charge in [0.05, 0.1) is 19.4 Å². The van der Waals surface area contributed by atoms with Gasteiger partial charge in [0.25, 0.3) is 0 Å². The molecule has 0 unspecified atom stereocenters. The van der Waals surface area contributed by atoms with Crippen LogP contribution in [0.4, 0.5) is 5.69 Å². The van der Waals surface area contributed by atoms with Gasteiger partial charge in [0, 0.05) is 30.4 Å². The number of nitrogens with one attached hydrogen (secondary N) is 2. The normalized spacial score (nSPS) is 15.3. The molecule has 0 radical (unpaired) electrons. The van der Waals surface area contributed by atoms with Crippen molar-refractivity contribution in [2.45, 2.75) is 45.4 Å². The molecule has 0 aliphatic carbocycles. The summed E-state index contributed by atoms with van der Waals surface area (Å²) in [5.74, 6) is -0.602. The number of rotatable bonds is 7. The minimum atomic E-state index is -3.94. The van der Waals surface area contributed by atoms with E-state index in [-0.39, 0.29) is 42.0 Å². The van der Waals surface area contributed by atoms with Gasteiger partial charge in [0.15, 0.2) is 0 Å². The van der Waals surface area contributed by atoms with Gasteiger partial charge in [0.1, 0.15) is 16.2 Å². The zero-order valence-corrected chi connectivity index (χ0v) is 20.5. The Kier molecular flexibility index (Phi) is 7.48. The van der Waals surface area contributed by atoms with Crippen molar-refractivity contribution >= 4 is 27.6 Å². The third-order valence-corrected chi connectivity index (χ3v) is 7.90. The van der Waals surface area contributed by atoms with E-state index < -0.39 is 16.0 Å². The second kappa shape index (κ2) is 9.96. The number of amides is 1. The summed E-state index contributed by atoms with van der Waals surface area (Å²) in [6.45, 7) is 7.37. The average molecular weight is 478 g/mol. The molecule has 2 heterocycles. The molecule has 0 atom stereocenters. The van der Waals surface area contributed by atoms with Crippen LogP contribution in [0.3, 0.4) is 0 Å². The van der Waals surface area contributed by atoms with E-state index in [1.807, 2.05) is 19.1 Å². The SMILES string of the molecule is CCOC(=O)c1c(C)[nH]c(C)c1S(=O)(=O)N1CCC(C(=O)Nc2cc(C)ccc2OC)CC1. The first-order valence-electron chi connectivity index (χ1n) is 10.9. The second-order valence-electron chi connectivity index (χ2n) is 8.17. The number of carbonyl (C=O) groups excluding carboxylic acids is 2. The van der Waals surface area contributed by atoms with Gasteiger partial charge in [-0.05, 0) is 58.2 Å². The maximum Gasteiger partial charge on any atom is 0.341 e. The number of piperidine rings is 1. The lowest BCUT2D eigenvalue weighted by atomic mass is 9.97. The van der Waals surface area contributed by atoms with Gasteiger partial charge < -0.3 is 19.8 Å². The van der Waals surface area contributed by atoms with E-state index in [0.29, 0.717) is 35.7 Å². The lowest BCUT2D eigenvalue weighted by Gasteiger charge is -2.31. The Bertz CT molecular complexity index is 1150. The van der Waals surface area contributed by atoms with Crippen molar-refractivity contribution in [3.8, 4) is 5.75 Å². The monoisotopic (exact) mass is 477 g/mol. The molecular formula is C23H31N3O6S. The maximum atomic E-state index is 13.4. The van der Waals surface area contributed by atoms with E-state index >= 15 is 0 Å². The summed E-state index contributed by atoms with van der Waals surface area (Å²) in [7, 11) is -2.40. The molecule has 1 fully saturated rings. The number of hydrogen-bond donors (Lipinski definition) is 2. The van der Waals surface area contributed by atoms with Crippen LogP contribution in [0, 0.1) is 26.7 Å². The van der Waals surface area contributed by atoms with Crippen LogP contribution in [0.5, 0.6) is 5.75 Å². The van der Waals surface area contributed by atoms with Crippen molar-refractivity contribution in [3.63, 3.8) is 0 Å². The third kappa shape index (κ3) is 5.06. The van der Waals surface area contributed by atoms with Crippen molar-refractivity contribution in [3.05, 3.63) is 40.7 Å². The maximum absolute atomic E-state index is 13.4. The number of hydrogen-bond acceptors (Lipinski definition) is 6. The topological polar surface area (TPSA) is 118 Å². The summed E-state index contributed by atoms with van der Waals surface area (Å²) < 4.78 is 38.6. The number of carbonyl (C=O) groups is 2. The minimum Gasteiger partial charge on any atom is -0.495 e. The molecule has 0 spiro atoms. The van der Waals surface area contributed by atoms with Crippen LogP contribution in [-0.2, 0) is 19.6 Å². The van der Waals surface area contributed by atoms with Gasteiger partial charge in [0.2, 0.25) is 15.9 Å². The third-order valence-electron chi connectivity index (χ3n) is 5.83. The van der Waals surface area contributed by atoms with Crippen LogP contribution in [0.25, 0.3) is 0 Å². The first-order chi connectivity index (χ1) is 15.6. The highest BCUT2D eigenvalue weighted by molar-refractivity contribution is 7.89. The van der Waals surface area contributed by atoms with Gasteiger partial charge in [-0.2, -0.15) is 4.31 Å². The van der Waals surface area contributed by atoms with Gasteiger partial charge in [-0.1, -0.05) is 6.07 Å². The van der Waals surface area contributed by atoms with Gasteiger partial charge >= 0.3 is 5.97 Å². The van der Waals surface area contributed by atoms with Crippen LogP contribution in [0.15, 0.2) is 23.1 Å². The molecule has 1 aromatic heterocycles. The number of anilines is 1. The van der Waals surface area contributed by atoms with Gasteiger partial charge in [-0.15, -0.1) is 0 Å². The molecule has 2 N–H and O–H groups in total. The Morgan fingerprint density at radius 2 is 1.82 bits per heavy atom. The number of aryl methyl sites for hydroxylation is 3. The van der Waals surface area contributed by atoms with Crippen LogP contribution in [-0.4, -0.2) is 56.4 Å². The standard InChI is InChI=1S/C23H31N3O6S/c1-6-32-23(28)20-15(3)24-16(4)21(20)33(29,30)26-11-9-17(10-12-26)22(27)25-18-13-14(2)7-8-19(18)31-5/h7-8,13,17,24H,6,9-12H2,1-5H3,(H,25,27). The summed E-state index contributed by atoms with van der Waals surface area (Å²) >= 11 is 0. The van der Waals surface area contributed by atoms with Crippen molar-refractivity contribution < 1.29 is 27.5 Å². The van der Waals surface area contributed by atoms with Crippen LogP contribution in [0.2, 0.25) is 0 Å². The van der Waals surface area contributed by atoms with E-state index in [0.717, 1.165) is 5.56 Å². The fourth-order valence-corrected chi connectivity index (χ4v) is 6.05. The Hall–Kier alpha value is -2.85. The molecule has 1 amide bonds. The summed E-state index contributed by atoms with van der Waals surface area (Å²) in [4.78, 5) is 28.2. The fraction of sp³-hybridized carbons (Fsp3) is 0.478. The largest absolute Gasteiger partial charge is 0.495 e. The Balaban J connectivity index is 1.74. The van der Waals surface area contributed by atoms with Crippen molar-refractivity contribution in [2.24, 2.45) is 5.92 Å². The number of ether oxygens (including phenoxy) is 2. The number of sulfonamides is 1. The number of H-pyrrole nitrogens is 1. The molecule has 10 heteroatoms. The molecule has 0 bridgehead atoms. The smallest absolute Gasteiger partial charge is 0.341 e. The molecule has 1 aromatic carbocycles. The zero-order chi connectivity index (χ0) is 24.3. The summed E-state index contributed by atoms with van der Waals surface area (Å²) in [5, 5.41) is 2.91. The number of aromatic nitrogens is 1. The van der Waals surface area contributed by atoms with Crippen molar-refractivity contribution in [2.75, 3.05) is 32.1 Å². The summed E-state index contributed by atoms with van der Waals surface area (Å²) in [6.07, 6.45) is 0.743. The number of nitrogens with zero attached hydrogens (tertiary/aromatic N) is 1. The Morgan fingerprint density at radius 3 is 2.42 bits per heavy atom. The molecule has 180 valence electrons. The Labute approximate surface area is 194 Å². The van der Waals surface area contributed by atoms with Gasteiger partial charge in [-0.25, -0.2) is 13.2 Å². The predicted octanol–water partition coefficient (Wildman–Crippen LogP) is 3.16. The number of esters is 1. The molecule has 1 aliphatic heterocycles. The number of aromatic amines is 1. The van der Waals surface area contributed by atoms with E-state index in [1.165, 1.54) is 4.31 Å². The molecule has 1 saturated heterocycles. The predicted molar refractivity (Wildman–Crippen MR) is 124 cm³/mol. The van der Waals surface area contributed by atoms with Crippen molar-refractivity contribution in [1.82, 2.24) is 9.29 Å². The highest BCUT2D eigenvalue weighted by Gasteiger charge is 2.37. The van der Waals surface area contributed by atoms with Gasteiger partial charge in [-0.3, -0.25) is 4.79 Å². The lowest BCUT2D eigenvalue weighted by molar-refractivity contribution is -0.120. The molecule has 2 aromatic rings. The molecule has 3 rings (SSSR count). The lowest BCUT2D eigenvalue weighted by Crippen LogP contribution is -2.41. The number of benzene rings is 1. The summed E-state index contributed by atoms with van der Waals surface area (Å²) in [5.41, 5.74) is 2.46. The molecule has 33 heavy (non-hydrogen) atoms. The highest BCUT2D eigenvalue weighted by Crippen LogP contribution is 2.32. The van der Waals surface area contributed by atoms with E-state index in [2.05, 4.69) is 10.3 Å². The molecule has 0 saturated carbocycles. The van der Waals surface area contributed by atoms with E-state index in [4.69, 9.17) is 9.47 Å². The second-order valence-corrected chi connectivity index (χ2v) is 10.0. The molecule has 9 nitrogen and oxygen atoms in total. The molecular weight excluding hydrogens is 446 g/mol. The van der Waals surface area contributed by atoms with E-state index in [9.17, 15) is 18.0 Å². The highest BCUT2D eigenvalue weighted by atomic mass is 32.2. The number of methoxy groups -OCH3 is 1. The first kappa shape index (κ1) is 24.8. The minimum absolute atomic E-state index is 0.0424. The van der Waals surface area contributed by atoms with Crippen LogP contribution < -0.4 is 10.1 Å². The Morgan fingerprint density at radius 1 is 1.15 bits per heavy atom. The molecule has 1 aliphatic rings. The van der Waals surface area contributed by atoms with Crippen LogP contribution >= 0.6 is 0 Å². The van der Waals surface area contributed by atoms with Crippen LogP contribution in [0.1, 0.15) is 47.1 Å². The van der Waals surface area contributed by atoms with Crippen molar-refractivity contribution in [1.29, 1.82) is 0 Å².